The van der Waals surface area contributed by atoms with Crippen LogP contribution in [0, 0.1) is 0 Å². The highest BCUT2D eigenvalue weighted by Crippen LogP contribution is 2.16. The normalized spacial score (nSPS) is 29.2. The highest BCUT2D eigenvalue weighted by Gasteiger charge is 2.15. The fourth-order valence-electron chi connectivity index (χ4n) is 2.48. The van der Waals surface area contributed by atoms with Gasteiger partial charge in [-0.15, -0.1) is 0 Å². The van der Waals surface area contributed by atoms with Gasteiger partial charge in [-0.1, -0.05) is 12.8 Å². The van der Waals surface area contributed by atoms with Crippen molar-refractivity contribution in [3.63, 3.8) is 0 Å². The summed E-state index contributed by atoms with van der Waals surface area (Å²) in [5.41, 5.74) is 0. The van der Waals surface area contributed by atoms with E-state index in [0.29, 0.717) is 0 Å². The summed E-state index contributed by atoms with van der Waals surface area (Å²) in [6, 6.07) is 0.807. The van der Waals surface area contributed by atoms with E-state index in [-0.39, 0.29) is 0 Å². The summed E-state index contributed by atoms with van der Waals surface area (Å²) in [6.45, 7) is 5.13. The van der Waals surface area contributed by atoms with Crippen molar-refractivity contribution in [3.8, 4) is 0 Å². The predicted octanol–water partition coefficient (Wildman–Crippen LogP) is 1.96. The van der Waals surface area contributed by atoms with Crippen molar-refractivity contribution in [3.05, 3.63) is 0 Å². The minimum absolute atomic E-state index is 0.807. The summed E-state index contributed by atoms with van der Waals surface area (Å²) < 4.78 is 0. The maximum Gasteiger partial charge on any atom is 0.0166 e. The van der Waals surface area contributed by atoms with Gasteiger partial charge in [-0.05, 0) is 38.1 Å². The highest BCUT2D eigenvalue weighted by atomic mass is 32.2. The van der Waals surface area contributed by atoms with Gasteiger partial charge < -0.3 is 10.2 Å². The van der Waals surface area contributed by atoms with Gasteiger partial charge in [0.25, 0.3) is 0 Å². The molecule has 1 N–H and O–H groups in total. The van der Waals surface area contributed by atoms with Crippen molar-refractivity contribution in [2.24, 2.45) is 0 Å². The van der Waals surface area contributed by atoms with Gasteiger partial charge in [0, 0.05) is 24.9 Å². The van der Waals surface area contributed by atoms with Crippen LogP contribution < -0.4 is 5.32 Å². The van der Waals surface area contributed by atoms with E-state index in [0.717, 1.165) is 6.04 Å². The van der Waals surface area contributed by atoms with Crippen molar-refractivity contribution in [2.75, 3.05) is 37.7 Å². The molecule has 0 amide bonds. The largest absolute Gasteiger partial charge is 0.312 e. The fourth-order valence-corrected chi connectivity index (χ4v) is 3.67. The first-order chi connectivity index (χ1) is 7.45. The highest BCUT2D eigenvalue weighted by molar-refractivity contribution is 7.99. The van der Waals surface area contributed by atoms with E-state index in [2.05, 4.69) is 22.0 Å². The number of nitrogens with one attached hydrogen (secondary N) is 1. The molecule has 0 saturated carbocycles. The molecule has 0 radical (unpaired) electrons. The molecule has 88 valence electrons. The quantitative estimate of drug-likeness (QED) is 0.792. The van der Waals surface area contributed by atoms with Crippen LogP contribution in [0.1, 0.15) is 32.1 Å². The van der Waals surface area contributed by atoms with Gasteiger partial charge in [0.1, 0.15) is 0 Å². The molecule has 0 bridgehead atoms. The molecule has 1 unspecified atom stereocenters. The summed E-state index contributed by atoms with van der Waals surface area (Å²) in [5.74, 6) is 2.70. The third kappa shape index (κ3) is 4.33. The van der Waals surface area contributed by atoms with E-state index >= 15 is 0 Å². The molecule has 2 rings (SSSR count). The van der Waals surface area contributed by atoms with Gasteiger partial charge in [0.05, 0.1) is 0 Å². The zero-order valence-electron chi connectivity index (χ0n) is 9.71. The second-order valence-electron chi connectivity index (χ2n) is 4.77. The lowest BCUT2D eigenvalue weighted by Crippen LogP contribution is -2.37. The van der Waals surface area contributed by atoms with Crippen molar-refractivity contribution in [1.29, 1.82) is 0 Å². The van der Waals surface area contributed by atoms with Gasteiger partial charge >= 0.3 is 0 Å². The second-order valence-corrected chi connectivity index (χ2v) is 5.92. The maximum atomic E-state index is 3.69. The van der Waals surface area contributed by atoms with Crippen LogP contribution in [0.2, 0.25) is 0 Å². The summed E-state index contributed by atoms with van der Waals surface area (Å²) in [4.78, 5) is 2.64. The standard InChI is InChI=1S/C12H24N2S/c1-2-4-8-14(7-3-1)9-6-13-12-5-10-15-11-12/h12-13H,1-11H2. The van der Waals surface area contributed by atoms with E-state index in [1.165, 1.54) is 69.8 Å². The van der Waals surface area contributed by atoms with E-state index in [1.807, 2.05) is 0 Å². The topological polar surface area (TPSA) is 15.3 Å². The smallest absolute Gasteiger partial charge is 0.0166 e. The summed E-state index contributed by atoms with van der Waals surface area (Å²) in [6.07, 6.45) is 7.11. The molecular weight excluding hydrogens is 204 g/mol. The third-order valence-corrected chi connectivity index (χ3v) is 4.65. The van der Waals surface area contributed by atoms with Crippen LogP contribution in [0.15, 0.2) is 0 Å². The molecule has 2 saturated heterocycles. The Bertz CT molecular complexity index is 161. The number of hydrogen-bond acceptors (Lipinski definition) is 3. The zero-order valence-corrected chi connectivity index (χ0v) is 10.5. The van der Waals surface area contributed by atoms with Crippen molar-refractivity contribution in [1.82, 2.24) is 10.2 Å². The van der Waals surface area contributed by atoms with Gasteiger partial charge in [-0.25, -0.2) is 0 Å². The molecule has 0 spiro atoms. The molecule has 2 aliphatic rings. The maximum absolute atomic E-state index is 3.69. The van der Waals surface area contributed by atoms with Crippen LogP contribution in [0.25, 0.3) is 0 Å². The molecule has 0 aromatic carbocycles. The Morgan fingerprint density at radius 1 is 1.13 bits per heavy atom. The average Bonchev–Trinajstić information content (AvgIpc) is 2.62. The Labute approximate surface area is 98.2 Å². The Kier molecular flexibility index (Phi) is 5.30. The van der Waals surface area contributed by atoms with Crippen LogP contribution in [0.4, 0.5) is 0 Å². The average molecular weight is 228 g/mol. The lowest BCUT2D eigenvalue weighted by Gasteiger charge is -2.21. The fraction of sp³-hybridized carbons (Fsp3) is 1.00. The molecular formula is C12H24N2S. The third-order valence-electron chi connectivity index (χ3n) is 3.49. The summed E-state index contributed by atoms with van der Waals surface area (Å²) >= 11 is 2.10. The first-order valence-electron chi connectivity index (χ1n) is 6.48. The minimum Gasteiger partial charge on any atom is -0.312 e. The zero-order chi connectivity index (χ0) is 10.3. The minimum atomic E-state index is 0.807. The first-order valence-corrected chi connectivity index (χ1v) is 7.64. The van der Waals surface area contributed by atoms with Crippen molar-refractivity contribution < 1.29 is 0 Å². The Balaban J connectivity index is 1.55. The number of hydrogen-bond donors (Lipinski definition) is 1. The molecule has 15 heavy (non-hydrogen) atoms. The van der Waals surface area contributed by atoms with E-state index in [4.69, 9.17) is 0 Å². The summed E-state index contributed by atoms with van der Waals surface area (Å²) in [5, 5.41) is 3.69. The Morgan fingerprint density at radius 3 is 2.60 bits per heavy atom. The molecule has 2 fully saturated rings. The number of thioether (sulfide) groups is 1. The Morgan fingerprint density at radius 2 is 1.93 bits per heavy atom. The summed E-state index contributed by atoms with van der Waals surface area (Å²) in [7, 11) is 0. The van der Waals surface area contributed by atoms with Gasteiger partial charge in [0.2, 0.25) is 0 Å². The van der Waals surface area contributed by atoms with Crippen LogP contribution in [0.5, 0.6) is 0 Å². The predicted molar refractivity (Wildman–Crippen MR) is 68.6 cm³/mol. The Hall–Kier alpha value is 0.270. The molecule has 3 heteroatoms. The molecule has 0 aliphatic carbocycles. The van der Waals surface area contributed by atoms with Crippen molar-refractivity contribution >= 4 is 11.8 Å². The first kappa shape index (κ1) is 11.7. The lowest BCUT2D eigenvalue weighted by molar-refractivity contribution is 0.280. The number of nitrogens with zero attached hydrogens (tertiary/aromatic N) is 1. The molecule has 2 nitrogen and oxygen atoms in total. The molecule has 2 heterocycles. The van der Waals surface area contributed by atoms with Crippen LogP contribution in [-0.2, 0) is 0 Å². The van der Waals surface area contributed by atoms with Gasteiger partial charge in [-0.2, -0.15) is 11.8 Å². The lowest BCUT2D eigenvalue weighted by atomic mass is 10.2. The van der Waals surface area contributed by atoms with Crippen molar-refractivity contribution in [2.45, 2.75) is 38.1 Å². The second kappa shape index (κ2) is 6.77. The van der Waals surface area contributed by atoms with E-state index in [9.17, 15) is 0 Å². The number of likely N-dealkylation sites (tertiary alicyclic amines) is 1. The number of rotatable bonds is 4. The molecule has 0 aromatic rings. The van der Waals surface area contributed by atoms with Gasteiger partial charge in [0.15, 0.2) is 0 Å². The van der Waals surface area contributed by atoms with Crippen LogP contribution >= 0.6 is 11.8 Å². The SMILES string of the molecule is C1CCCN(CCNC2CCSC2)CC1. The van der Waals surface area contributed by atoms with Crippen LogP contribution in [0.3, 0.4) is 0 Å². The van der Waals surface area contributed by atoms with Gasteiger partial charge in [-0.3, -0.25) is 0 Å². The molecule has 0 aromatic heterocycles. The van der Waals surface area contributed by atoms with Crippen LogP contribution in [-0.4, -0.2) is 48.6 Å². The molecule has 1 atom stereocenters. The van der Waals surface area contributed by atoms with E-state index < -0.39 is 0 Å². The molecule has 2 aliphatic heterocycles. The van der Waals surface area contributed by atoms with E-state index in [1.54, 1.807) is 0 Å². The monoisotopic (exact) mass is 228 g/mol.